The number of pyridine rings is 1. The number of fused-ring (bicyclic) bond motifs is 2. The van der Waals surface area contributed by atoms with Crippen LogP contribution in [-0.2, 0) is 0 Å². The molecule has 150 valence electrons. The molecule has 0 radical (unpaired) electrons. The Morgan fingerprint density at radius 2 is 2.17 bits per heavy atom. The van der Waals surface area contributed by atoms with Gasteiger partial charge in [0.05, 0.1) is 27.8 Å². The van der Waals surface area contributed by atoms with Gasteiger partial charge in [-0.05, 0) is 26.0 Å². The highest BCUT2D eigenvalue weighted by Crippen LogP contribution is 2.35. The second-order valence-electron chi connectivity index (χ2n) is 7.35. The van der Waals surface area contributed by atoms with Crippen molar-refractivity contribution in [2.45, 2.75) is 19.9 Å². The first-order valence-corrected chi connectivity index (χ1v) is 9.81. The molecule has 1 atom stereocenters. The van der Waals surface area contributed by atoms with Gasteiger partial charge in [0, 0.05) is 37.4 Å². The van der Waals surface area contributed by atoms with E-state index in [2.05, 4.69) is 42.7 Å². The van der Waals surface area contributed by atoms with Gasteiger partial charge in [-0.1, -0.05) is 11.6 Å². The lowest BCUT2D eigenvalue weighted by Gasteiger charge is -2.33. The molecule has 29 heavy (non-hydrogen) atoms. The van der Waals surface area contributed by atoms with E-state index in [9.17, 15) is 4.39 Å². The second-order valence-corrected chi connectivity index (χ2v) is 7.76. The van der Waals surface area contributed by atoms with Crippen molar-refractivity contribution in [1.29, 1.82) is 0 Å². The molecule has 10 heteroatoms. The standard InChI is InChI=1S/C19H20ClFN8/c1-10-8-28(4-3-22-10)13-6-14(20)17-16(7-13)25-26-18(17)24-12-5-15(21)19-23-11(2)27-29(19)9-12/h5-7,9-10,22H,3-4,8H2,1-2H3,(H2,24,25,26)/t10-/m1/s1. The highest BCUT2D eigenvalue weighted by molar-refractivity contribution is 6.36. The molecule has 1 saturated heterocycles. The van der Waals surface area contributed by atoms with Crippen LogP contribution in [0.2, 0.25) is 5.02 Å². The molecule has 0 aliphatic carbocycles. The molecule has 3 aromatic heterocycles. The first-order valence-electron chi connectivity index (χ1n) is 9.43. The number of nitrogens with one attached hydrogen (secondary N) is 3. The summed E-state index contributed by atoms with van der Waals surface area (Å²) in [4.78, 5) is 6.37. The SMILES string of the molecule is Cc1nc2c(F)cc(Nc3n[nH]c4cc(N5CCN[C@H](C)C5)cc(Cl)c34)cn2n1. The Bertz CT molecular complexity index is 1220. The molecule has 1 aliphatic heterocycles. The molecule has 0 amide bonds. The summed E-state index contributed by atoms with van der Waals surface area (Å²) < 4.78 is 15.8. The van der Waals surface area contributed by atoms with Gasteiger partial charge in [0.15, 0.2) is 17.3 Å². The zero-order chi connectivity index (χ0) is 20.1. The minimum absolute atomic E-state index is 0.188. The van der Waals surface area contributed by atoms with E-state index in [1.165, 1.54) is 10.6 Å². The minimum Gasteiger partial charge on any atom is -0.369 e. The molecule has 4 aromatic rings. The van der Waals surface area contributed by atoms with Gasteiger partial charge in [-0.2, -0.15) is 10.2 Å². The Labute approximate surface area is 171 Å². The third-order valence-electron chi connectivity index (χ3n) is 5.09. The molecule has 1 aromatic carbocycles. The van der Waals surface area contributed by atoms with Crippen LogP contribution in [0, 0.1) is 12.7 Å². The monoisotopic (exact) mass is 414 g/mol. The molecule has 5 rings (SSSR count). The van der Waals surface area contributed by atoms with E-state index < -0.39 is 5.82 Å². The maximum atomic E-state index is 14.3. The second kappa shape index (κ2) is 6.85. The summed E-state index contributed by atoms with van der Waals surface area (Å²) in [6, 6.07) is 5.78. The van der Waals surface area contributed by atoms with Crippen LogP contribution in [0.25, 0.3) is 16.6 Å². The predicted molar refractivity (Wildman–Crippen MR) is 112 cm³/mol. The number of hydrogen-bond donors (Lipinski definition) is 3. The lowest BCUT2D eigenvalue weighted by Crippen LogP contribution is -2.49. The summed E-state index contributed by atoms with van der Waals surface area (Å²) >= 11 is 6.62. The van der Waals surface area contributed by atoms with Gasteiger partial charge in [0.25, 0.3) is 0 Å². The number of hydrogen-bond acceptors (Lipinski definition) is 6. The third kappa shape index (κ3) is 3.26. The summed E-state index contributed by atoms with van der Waals surface area (Å²) in [6.45, 7) is 6.65. The van der Waals surface area contributed by atoms with Crippen molar-refractivity contribution in [3.8, 4) is 0 Å². The van der Waals surface area contributed by atoms with E-state index in [0.29, 0.717) is 28.4 Å². The number of halogens is 2. The quantitative estimate of drug-likeness (QED) is 0.477. The number of aromatic nitrogens is 5. The molecule has 0 spiro atoms. The number of benzene rings is 1. The first kappa shape index (κ1) is 18.1. The van der Waals surface area contributed by atoms with Crippen LogP contribution < -0.4 is 15.5 Å². The highest BCUT2D eigenvalue weighted by atomic mass is 35.5. The van der Waals surface area contributed by atoms with E-state index >= 15 is 0 Å². The van der Waals surface area contributed by atoms with Crippen LogP contribution in [-0.4, -0.2) is 50.5 Å². The Morgan fingerprint density at radius 1 is 1.31 bits per heavy atom. The number of rotatable bonds is 3. The Morgan fingerprint density at radius 3 is 3.00 bits per heavy atom. The molecular formula is C19H20ClFN8. The normalized spacial score (nSPS) is 17.4. The van der Waals surface area contributed by atoms with Crippen LogP contribution in [0.15, 0.2) is 24.4 Å². The highest BCUT2D eigenvalue weighted by Gasteiger charge is 2.19. The fourth-order valence-electron chi connectivity index (χ4n) is 3.79. The molecule has 4 heterocycles. The lowest BCUT2D eigenvalue weighted by atomic mass is 10.1. The van der Waals surface area contributed by atoms with Gasteiger partial charge in [0.2, 0.25) is 0 Å². The molecule has 1 fully saturated rings. The number of aromatic amines is 1. The number of anilines is 3. The number of aryl methyl sites for hydroxylation is 1. The first-order chi connectivity index (χ1) is 14.0. The zero-order valence-corrected chi connectivity index (χ0v) is 16.8. The van der Waals surface area contributed by atoms with Gasteiger partial charge < -0.3 is 15.5 Å². The average molecular weight is 415 g/mol. The molecule has 0 unspecified atom stereocenters. The molecular weight excluding hydrogens is 395 g/mol. The third-order valence-corrected chi connectivity index (χ3v) is 5.39. The van der Waals surface area contributed by atoms with Gasteiger partial charge in [-0.25, -0.2) is 13.9 Å². The van der Waals surface area contributed by atoms with E-state index in [4.69, 9.17) is 11.6 Å². The molecule has 3 N–H and O–H groups in total. The van der Waals surface area contributed by atoms with Crippen molar-refractivity contribution < 1.29 is 4.39 Å². The largest absolute Gasteiger partial charge is 0.369 e. The summed E-state index contributed by atoms with van der Waals surface area (Å²) in [5, 5.41) is 19.5. The van der Waals surface area contributed by atoms with Crippen molar-refractivity contribution in [3.05, 3.63) is 41.1 Å². The van der Waals surface area contributed by atoms with E-state index in [-0.39, 0.29) is 5.65 Å². The molecule has 0 saturated carbocycles. The van der Waals surface area contributed by atoms with Crippen LogP contribution in [0.4, 0.5) is 21.6 Å². The van der Waals surface area contributed by atoms with Crippen molar-refractivity contribution in [1.82, 2.24) is 30.1 Å². The Kier molecular flexibility index (Phi) is 4.29. The summed E-state index contributed by atoms with van der Waals surface area (Å²) in [6.07, 6.45) is 1.67. The topological polar surface area (TPSA) is 86.2 Å². The van der Waals surface area contributed by atoms with Crippen LogP contribution in [0.3, 0.4) is 0 Å². The summed E-state index contributed by atoms with van der Waals surface area (Å²) in [5.41, 5.74) is 2.56. The maximum Gasteiger partial charge on any atom is 0.191 e. The zero-order valence-electron chi connectivity index (χ0n) is 16.0. The van der Waals surface area contributed by atoms with E-state index in [1.807, 2.05) is 12.1 Å². The van der Waals surface area contributed by atoms with Gasteiger partial charge in [-0.3, -0.25) is 5.10 Å². The number of piperazine rings is 1. The molecule has 0 bridgehead atoms. The van der Waals surface area contributed by atoms with Crippen LogP contribution >= 0.6 is 11.6 Å². The van der Waals surface area contributed by atoms with Gasteiger partial charge in [-0.15, -0.1) is 0 Å². The van der Waals surface area contributed by atoms with Crippen molar-refractivity contribution in [2.75, 3.05) is 29.9 Å². The van der Waals surface area contributed by atoms with E-state index in [1.54, 1.807) is 13.1 Å². The van der Waals surface area contributed by atoms with Crippen molar-refractivity contribution in [2.24, 2.45) is 0 Å². The van der Waals surface area contributed by atoms with Gasteiger partial charge in [0.1, 0.15) is 5.82 Å². The minimum atomic E-state index is -0.461. The fourth-order valence-corrected chi connectivity index (χ4v) is 4.09. The maximum absolute atomic E-state index is 14.3. The Hall–Kier alpha value is -2.91. The van der Waals surface area contributed by atoms with Crippen LogP contribution in [0.1, 0.15) is 12.7 Å². The van der Waals surface area contributed by atoms with Crippen molar-refractivity contribution in [3.63, 3.8) is 0 Å². The molecule has 1 aliphatic rings. The van der Waals surface area contributed by atoms with Crippen molar-refractivity contribution >= 4 is 45.3 Å². The molecule has 8 nitrogen and oxygen atoms in total. The average Bonchev–Trinajstić information content (AvgIpc) is 3.25. The number of H-pyrrole nitrogens is 1. The number of nitrogens with zero attached hydrogens (tertiary/aromatic N) is 5. The van der Waals surface area contributed by atoms with E-state index in [0.717, 1.165) is 36.2 Å². The van der Waals surface area contributed by atoms with Gasteiger partial charge >= 0.3 is 0 Å². The predicted octanol–water partition coefficient (Wildman–Crippen LogP) is 3.25. The summed E-state index contributed by atoms with van der Waals surface area (Å²) in [7, 11) is 0. The fraction of sp³-hybridized carbons (Fsp3) is 0.316. The Balaban J connectivity index is 1.50. The van der Waals surface area contributed by atoms with Crippen LogP contribution in [0.5, 0.6) is 0 Å². The smallest absolute Gasteiger partial charge is 0.191 e. The lowest BCUT2D eigenvalue weighted by molar-refractivity contribution is 0.485. The summed E-state index contributed by atoms with van der Waals surface area (Å²) in [5.74, 6) is 0.571.